The highest BCUT2D eigenvalue weighted by Gasteiger charge is 2.12. The molecule has 0 aliphatic heterocycles. The lowest BCUT2D eigenvalue weighted by Gasteiger charge is -2.11. The number of hydrogen-bond acceptors (Lipinski definition) is 5. The fraction of sp³-hybridized carbons (Fsp3) is 0.118. The Morgan fingerprint density at radius 2 is 2.08 bits per heavy atom. The van der Waals surface area contributed by atoms with E-state index in [1.54, 1.807) is 36.5 Å². The van der Waals surface area contributed by atoms with E-state index in [-0.39, 0.29) is 23.5 Å². The summed E-state index contributed by atoms with van der Waals surface area (Å²) < 4.78 is 12.2. The fourth-order valence-corrected chi connectivity index (χ4v) is 2.28. The van der Waals surface area contributed by atoms with Gasteiger partial charge in [0.15, 0.2) is 0 Å². The molecule has 0 fully saturated rings. The van der Waals surface area contributed by atoms with E-state index >= 15 is 0 Å². The monoisotopic (exact) mass is 325 g/mol. The number of hydrogen-bond donors (Lipinski definition) is 1. The highest BCUT2D eigenvalue weighted by atomic mass is 16.5. The number of carbonyl (C=O) groups is 1. The minimum absolute atomic E-state index is 0.0219. The first-order chi connectivity index (χ1) is 11.6. The van der Waals surface area contributed by atoms with Gasteiger partial charge in [-0.1, -0.05) is 6.07 Å². The van der Waals surface area contributed by atoms with Crippen LogP contribution < -0.4 is 20.8 Å². The molecule has 3 aromatic rings. The molecular formula is C17H15N3O4. The van der Waals surface area contributed by atoms with Crippen LogP contribution in [0.3, 0.4) is 0 Å². The lowest BCUT2D eigenvalue weighted by Crippen LogP contribution is -2.17. The molecule has 7 nitrogen and oxygen atoms in total. The maximum atomic E-state index is 12.1. The average molecular weight is 325 g/mol. The topological polar surface area (TPSA) is 95.9 Å². The van der Waals surface area contributed by atoms with Crippen molar-refractivity contribution in [3.8, 4) is 11.5 Å². The predicted octanol–water partition coefficient (Wildman–Crippen LogP) is 1.38. The average Bonchev–Trinajstić information content (AvgIpc) is 2.59. The van der Waals surface area contributed by atoms with Crippen molar-refractivity contribution in [2.24, 2.45) is 5.73 Å². The summed E-state index contributed by atoms with van der Waals surface area (Å²) in [4.78, 5) is 27.9. The van der Waals surface area contributed by atoms with Crippen LogP contribution in [0.4, 0.5) is 0 Å². The van der Waals surface area contributed by atoms with Crippen molar-refractivity contribution in [3.05, 3.63) is 70.3 Å². The number of amides is 1. The van der Waals surface area contributed by atoms with Gasteiger partial charge < -0.3 is 15.2 Å². The van der Waals surface area contributed by atoms with Crippen molar-refractivity contribution in [2.45, 2.75) is 6.61 Å². The third-order valence-corrected chi connectivity index (χ3v) is 3.45. The molecule has 0 atom stereocenters. The Labute approximate surface area is 137 Å². The maximum absolute atomic E-state index is 12.1. The highest BCUT2D eigenvalue weighted by molar-refractivity contribution is 5.95. The minimum atomic E-state index is -0.612. The van der Waals surface area contributed by atoms with Gasteiger partial charge in [-0.3, -0.25) is 14.0 Å². The van der Waals surface area contributed by atoms with E-state index in [1.807, 2.05) is 0 Å². The van der Waals surface area contributed by atoms with Gasteiger partial charge in [0, 0.05) is 18.3 Å². The van der Waals surface area contributed by atoms with Crippen LogP contribution in [0.2, 0.25) is 0 Å². The molecule has 122 valence electrons. The number of nitrogens with two attached hydrogens (primary N) is 1. The normalized spacial score (nSPS) is 10.5. The molecule has 2 N–H and O–H groups in total. The number of pyridine rings is 1. The molecule has 24 heavy (non-hydrogen) atoms. The number of aromatic nitrogens is 2. The molecule has 1 aromatic carbocycles. The molecule has 0 spiro atoms. The van der Waals surface area contributed by atoms with Gasteiger partial charge in [-0.05, 0) is 24.3 Å². The molecule has 0 aliphatic carbocycles. The van der Waals surface area contributed by atoms with Gasteiger partial charge in [-0.15, -0.1) is 0 Å². The zero-order valence-electron chi connectivity index (χ0n) is 12.9. The largest absolute Gasteiger partial charge is 0.497 e. The van der Waals surface area contributed by atoms with E-state index in [1.165, 1.54) is 23.6 Å². The molecular weight excluding hydrogens is 310 g/mol. The molecule has 0 bridgehead atoms. The SMILES string of the molecule is COc1ccc(C(N)=O)c(OCc2cc(=O)n3ccccc3n2)c1. The second kappa shape index (κ2) is 6.41. The molecule has 7 heteroatoms. The first-order valence-corrected chi connectivity index (χ1v) is 7.16. The molecule has 0 aliphatic rings. The standard InChI is InChI=1S/C17H15N3O4/c1-23-12-5-6-13(17(18)22)14(9-12)24-10-11-8-16(21)20-7-3-2-4-15(20)19-11/h2-9H,10H2,1H3,(H2,18,22). The van der Waals surface area contributed by atoms with Gasteiger partial charge in [0.2, 0.25) is 0 Å². The Bertz CT molecular complexity index is 965. The van der Waals surface area contributed by atoms with Crippen LogP contribution in [-0.2, 0) is 6.61 Å². The fourth-order valence-electron chi connectivity index (χ4n) is 2.28. The highest BCUT2D eigenvalue weighted by Crippen LogP contribution is 2.25. The molecule has 1 amide bonds. The zero-order valence-corrected chi connectivity index (χ0v) is 12.9. The van der Waals surface area contributed by atoms with Crippen LogP contribution in [-0.4, -0.2) is 22.4 Å². The summed E-state index contributed by atoms with van der Waals surface area (Å²) in [7, 11) is 1.51. The van der Waals surface area contributed by atoms with E-state index < -0.39 is 5.91 Å². The molecule has 3 rings (SSSR count). The molecule has 2 aromatic heterocycles. The summed E-state index contributed by atoms with van der Waals surface area (Å²) in [6.45, 7) is 0.0219. The van der Waals surface area contributed by atoms with Crippen LogP contribution in [0.25, 0.3) is 5.65 Å². The van der Waals surface area contributed by atoms with Gasteiger partial charge in [-0.25, -0.2) is 4.98 Å². The zero-order chi connectivity index (χ0) is 17.1. The Morgan fingerprint density at radius 3 is 2.83 bits per heavy atom. The number of ether oxygens (including phenoxy) is 2. The summed E-state index contributed by atoms with van der Waals surface area (Å²) in [5.74, 6) is 0.192. The van der Waals surface area contributed by atoms with Crippen molar-refractivity contribution < 1.29 is 14.3 Å². The van der Waals surface area contributed by atoms with Crippen molar-refractivity contribution in [2.75, 3.05) is 7.11 Å². The smallest absolute Gasteiger partial charge is 0.258 e. The van der Waals surface area contributed by atoms with Gasteiger partial charge in [0.1, 0.15) is 23.8 Å². The van der Waals surface area contributed by atoms with Gasteiger partial charge in [-0.2, -0.15) is 0 Å². The lowest BCUT2D eigenvalue weighted by molar-refractivity contribution is 0.0995. The van der Waals surface area contributed by atoms with Crippen LogP contribution in [0, 0.1) is 0 Å². The van der Waals surface area contributed by atoms with E-state index in [0.717, 1.165) is 0 Å². The second-order valence-corrected chi connectivity index (χ2v) is 5.03. The molecule has 0 unspecified atom stereocenters. The summed E-state index contributed by atoms with van der Waals surface area (Å²) in [5, 5.41) is 0. The minimum Gasteiger partial charge on any atom is -0.497 e. The van der Waals surface area contributed by atoms with Crippen molar-refractivity contribution in [3.63, 3.8) is 0 Å². The number of fused-ring (bicyclic) bond motifs is 1. The number of benzene rings is 1. The summed E-state index contributed by atoms with van der Waals surface area (Å²) >= 11 is 0. The van der Waals surface area contributed by atoms with E-state index in [2.05, 4.69) is 4.98 Å². The Balaban J connectivity index is 1.91. The first-order valence-electron chi connectivity index (χ1n) is 7.16. The second-order valence-electron chi connectivity index (χ2n) is 5.03. The third-order valence-electron chi connectivity index (χ3n) is 3.45. The summed E-state index contributed by atoms with van der Waals surface area (Å²) in [5.41, 5.74) is 6.33. The van der Waals surface area contributed by atoms with Crippen LogP contribution in [0.15, 0.2) is 53.5 Å². The molecule has 2 heterocycles. The van der Waals surface area contributed by atoms with Gasteiger partial charge in [0.05, 0.1) is 18.4 Å². The quantitative estimate of drug-likeness (QED) is 0.764. The van der Waals surface area contributed by atoms with Gasteiger partial charge in [0.25, 0.3) is 11.5 Å². The summed E-state index contributed by atoms with van der Waals surface area (Å²) in [6, 6.07) is 11.4. The van der Waals surface area contributed by atoms with Crippen molar-refractivity contribution in [1.29, 1.82) is 0 Å². The van der Waals surface area contributed by atoms with Crippen LogP contribution in [0.1, 0.15) is 16.1 Å². The van der Waals surface area contributed by atoms with Crippen molar-refractivity contribution in [1.82, 2.24) is 9.38 Å². The lowest BCUT2D eigenvalue weighted by atomic mass is 10.2. The van der Waals surface area contributed by atoms with E-state index in [0.29, 0.717) is 17.1 Å². The number of primary amides is 1. The van der Waals surface area contributed by atoms with E-state index in [4.69, 9.17) is 15.2 Å². The predicted molar refractivity (Wildman–Crippen MR) is 87.3 cm³/mol. The third kappa shape index (κ3) is 3.05. The van der Waals surface area contributed by atoms with Crippen molar-refractivity contribution >= 4 is 11.6 Å². The Kier molecular flexibility index (Phi) is 4.15. The first kappa shape index (κ1) is 15.5. The number of carbonyl (C=O) groups excluding carboxylic acids is 1. The Hall–Kier alpha value is -3.35. The molecule has 0 saturated carbocycles. The maximum Gasteiger partial charge on any atom is 0.258 e. The Morgan fingerprint density at radius 1 is 1.25 bits per heavy atom. The number of nitrogens with zero attached hydrogens (tertiary/aromatic N) is 2. The molecule has 0 saturated heterocycles. The molecule has 0 radical (unpaired) electrons. The van der Waals surface area contributed by atoms with Crippen LogP contribution >= 0.6 is 0 Å². The van der Waals surface area contributed by atoms with Gasteiger partial charge >= 0.3 is 0 Å². The van der Waals surface area contributed by atoms with E-state index in [9.17, 15) is 9.59 Å². The summed E-state index contributed by atoms with van der Waals surface area (Å²) in [6.07, 6.45) is 1.64. The number of rotatable bonds is 5. The van der Waals surface area contributed by atoms with Crippen LogP contribution in [0.5, 0.6) is 11.5 Å². The number of methoxy groups -OCH3 is 1.